The maximum absolute atomic E-state index is 14.1. The van der Waals surface area contributed by atoms with Crippen LogP contribution in [0.4, 0.5) is 4.39 Å². The number of halogens is 1. The Morgan fingerprint density at radius 3 is 2.32 bits per heavy atom. The number of hydrogen-bond donors (Lipinski definition) is 1. The van der Waals surface area contributed by atoms with E-state index in [4.69, 9.17) is 0 Å². The van der Waals surface area contributed by atoms with Crippen molar-refractivity contribution in [3.05, 3.63) is 59.9 Å². The van der Waals surface area contributed by atoms with Crippen LogP contribution in [0.15, 0.2) is 48.5 Å². The van der Waals surface area contributed by atoms with E-state index in [9.17, 15) is 14.0 Å². The molecule has 1 saturated carbocycles. The Kier molecular flexibility index (Phi) is 6.12. The second-order valence-corrected chi connectivity index (χ2v) is 9.14. The molecule has 4 rings (SSSR count). The number of likely N-dealkylation sites (tertiary alicyclic amines) is 1. The van der Waals surface area contributed by atoms with Gasteiger partial charge in [0.25, 0.3) is 0 Å². The summed E-state index contributed by atoms with van der Waals surface area (Å²) in [6.45, 7) is 5.91. The number of carbonyl (C=O) groups excluding carboxylic acids is 2. The van der Waals surface area contributed by atoms with Gasteiger partial charge in [-0.15, -0.1) is 0 Å². The van der Waals surface area contributed by atoms with Gasteiger partial charge in [0.1, 0.15) is 5.82 Å². The summed E-state index contributed by atoms with van der Waals surface area (Å²) in [7, 11) is 0. The van der Waals surface area contributed by atoms with Crippen molar-refractivity contribution in [2.45, 2.75) is 39.5 Å². The molecule has 4 nitrogen and oxygen atoms in total. The topological polar surface area (TPSA) is 49.4 Å². The lowest BCUT2D eigenvalue weighted by Gasteiger charge is -2.41. The number of amides is 2. The molecule has 2 fully saturated rings. The molecular weight excluding hydrogens is 391 g/mol. The zero-order valence-electron chi connectivity index (χ0n) is 18.4. The van der Waals surface area contributed by atoms with Crippen molar-refractivity contribution in [1.82, 2.24) is 10.2 Å². The molecule has 0 radical (unpaired) electrons. The summed E-state index contributed by atoms with van der Waals surface area (Å²) in [6.07, 6.45) is 2.95. The number of benzene rings is 2. The fraction of sp³-hybridized carbons (Fsp3) is 0.462. The minimum Gasteiger partial charge on any atom is -0.356 e. The van der Waals surface area contributed by atoms with E-state index in [1.165, 1.54) is 6.07 Å². The highest BCUT2D eigenvalue weighted by atomic mass is 19.1. The predicted octanol–water partition coefficient (Wildman–Crippen LogP) is 4.44. The van der Waals surface area contributed by atoms with Crippen LogP contribution in [0.1, 0.15) is 38.7 Å². The second kappa shape index (κ2) is 8.81. The van der Waals surface area contributed by atoms with Crippen LogP contribution in [-0.4, -0.2) is 36.3 Å². The Labute approximate surface area is 183 Å². The first-order chi connectivity index (χ1) is 14.9. The molecule has 0 spiro atoms. The van der Waals surface area contributed by atoms with Gasteiger partial charge < -0.3 is 10.2 Å². The van der Waals surface area contributed by atoms with E-state index in [1.54, 1.807) is 12.1 Å². The monoisotopic (exact) mass is 422 g/mol. The van der Waals surface area contributed by atoms with Crippen LogP contribution in [0.25, 0.3) is 11.1 Å². The van der Waals surface area contributed by atoms with Gasteiger partial charge in [0.05, 0.1) is 5.41 Å². The van der Waals surface area contributed by atoms with Gasteiger partial charge in [-0.1, -0.05) is 49.4 Å². The Balaban J connectivity index is 1.49. The first kappa shape index (κ1) is 21.5. The summed E-state index contributed by atoms with van der Waals surface area (Å²) in [6, 6.07) is 14.6. The minimum atomic E-state index is -0.512. The van der Waals surface area contributed by atoms with Gasteiger partial charge in [-0.25, -0.2) is 4.39 Å². The molecule has 5 heteroatoms. The normalized spacial score (nSPS) is 22.1. The summed E-state index contributed by atoms with van der Waals surface area (Å²) < 4.78 is 14.1. The van der Waals surface area contributed by atoms with Crippen LogP contribution in [0.5, 0.6) is 0 Å². The number of piperidine rings is 1. The van der Waals surface area contributed by atoms with E-state index in [2.05, 4.69) is 12.2 Å². The number of nitrogens with zero attached hydrogens (tertiary/aromatic N) is 1. The lowest BCUT2D eigenvalue weighted by atomic mass is 9.72. The van der Waals surface area contributed by atoms with Gasteiger partial charge in [0.2, 0.25) is 11.8 Å². The van der Waals surface area contributed by atoms with Gasteiger partial charge in [0.15, 0.2) is 0 Å². The lowest BCUT2D eigenvalue weighted by Crippen LogP contribution is -2.51. The van der Waals surface area contributed by atoms with Crippen molar-refractivity contribution in [2.75, 3.05) is 19.6 Å². The van der Waals surface area contributed by atoms with E-state index in [0.29, 0.717) is 50.4 Å². The molecule has 2 amide bonds. The van der Waals surface area contributed by atoms with Crippen molar-refractivity contribution in [2.24, 2.45) is 17.3 Å². The Hall–Kier alpha value is -2.69. The molecule has 2 atom stereocenters. The lowest BCUT2D eigenvalue weighted by molar-refractivity contribution is -0.141. The van der Waals surface area contributed by atoms with Crippen LogP contribution in [-0.2, 0) is 16.0 Å². The van der Waals surface area contributed by atoms with Gasteiger partial charge in [-0.05, 0) is 55.7 Å². The average molecular weight is 423 g/mol. The second-order valence-electron chi connectivity index (χ2n) is 9.14. The molecule has 164 valence electrons. The van der Waals surface area contributed by atoms with Crippen molar-refractivity contribution < 1.29 is 14.0 Å². The van der Waals surface area contributed by atoms with Gasteiger partial charge in [-0.2, -0.15) is 0 Å². The standard InChI is InChI=1S/C26H31FN2O2/c1-3-28-25(31)26(12-14-29(15-13-26)24(30)22-16-18(22)2)17-19-8-10-20(11-9-19)21-6-4-5-7-23(21)27/h4-11,18,22H,3,12-17H2,1-2H3,(H,28,31)/t18-,22+/m1/s1. The Bertz CT molecular complexity index is 948. The average Bonchev–Trinajstić information content (AvgIpc) is 3.51. The molecule has 0 unspecified atom stereocenters. The van der Waals surface area contributed by atoms with Crippen molar-refractivity contribution in [1.29, 1.82) is 0 Å². The van der Waals surface area contributed by atoms with Gasteiger partial charge in [-0.3, -0.25) is 9.59 Å². The predicted molar refractivity (Wildman–Crippen MR) is 120 cm³/mol. The third kappa shape index (κ3) is 4.51. The van der Waals surface area contributed by atoms with E-state index in [0.717, 1.165) is 17.5 Å². The summed E-state index contributed by atoms with van der Waals surface area (Å²) >= 11 is 0. The van der Waals surface area contributed by atoms with Crippen LogP contribution < -0.4 is 5.32 Å². The summed E-state index contributed by atoms with van der Waals surface area (Å²) in [5, 5.41) is 3.02. The van der Waals surface area contributed by atoms with Crippen LogP contribution in [0, 0.1) is 23.1 Å². The number of rotatable bonds is 6. The Morgan fingerprint density at radius 1 is 1.10 bits per heavy atom. The first-order valence-electron chi connectivity index (χ1n) is 11.3. The number of hydrogen-bond acceptors (Lipinski definition) is 2. The fourth-order valence-corrected chi connectivity index (χ4v) is 4.78. The molecule has 0 bridgehead atoms. The molecule has 2 aromatic carbocycles. The first-order valence-corrected chi connectivity index (χ1v) is 11.3. The molecule has 31 heavy (non-hydrogen) atoms. The highest BCUT2D eigenvalue weighted by molar-refractivity contribution is 5.85. The van der Waals surface area contributed by atoms with E-state index < -0.39 is 5.41 Å². The molecular formula is C26H31FN2O2. The smallest absolute Gasteiger partial charge is 0.226 e. The molecule has 2 aliphatic rings. The highest BCUT2D eigenvalue weighted by Crippen LogP contribution is 2.42. The van der Waals surface area contributed by atoms with Crippen LogP contribution >= 0.6 is 0 Å². The third-order valence-electron chi connectivity index (χ3n) is 6.96. The molecule has 1 saturated heterocycles. The molecule has 1 heterocycles. The summed E-state index contributed by atoms with van der Waals surface area (Å²) in [5.41, 5.74) is 1.95. The maximum atomic E-state index is 14.1. The molecule has 1 N–H and O–H groups in total. The maximum Gasteiger partial charge on any atom is 0.226 e. The summed E-state index contributed by atoms with van der Waals surface area (Å²) in [5.74, 6) is 0.765. The van der Waals surface area contributed by atoms with Crippen molar-refractivity contribution in [3.63, 3.8) is 0 Å². The van der Waals surface area contributed by atoms with E-state index >= 15 is 0 Å². The highest BCUT2D eigenvalue weighted by Gasteiger charge is 2.46. The largest absolute Gasteiger partial charge is 0.356 e. The molecule has 1 aliphatic heterocycles. The number of nitrogens with one attached hydrogen (secondary N) is 1. The minimum absolute atomic E-state index is 0.0695. The van der Waals surface area contributed by atoms with Crippen molar-refractivity contribution >= 4 is 11.8 Å². The quantitative estimate of drug-likeness (QED) is 0.748. The van der Waals surface area contributed by atoms with Gasteiger partial charge in [0, 0.05) is 31.1 Å². The molecule has 0 aromatic heterocycles. The van der Waals surface area contributed by atoms with E-state index in [1.807, 2.05) is 42.2 Å². The van der Waals surface area contributed by atoms with Crippen LogP contribution in [0.2, 0.25) is 0 Å². The fourth-order valence-electron chi connectivity index (χ4n) is 4.78. The zero-order valence-corrected chi connectivity index (χ0v) is 18.4. The zero-order chi connectivity index (χ0) is 22.0. The SMILES string of the molecule is CCNC(=O)C1(Cc2ccc(-c3ccccc3F)cc2)CCN(C(=O)[C@H]2C[C@H]2C)CC1. The van der Waals surface area contributed by atoms with Gasteiger partial charge >= 0.3 is 0 Å². The Morgan fingerprint density at radius 2 is 1.74 bits per heavy atom. The number of carbonyl (C=O) groups is 2. The third-order valence-corrected chi connectivity index (χ3v) is 6.96. The summed E-state index contributed by atoms with van der Waals surface area (Å²) in [4.78, 5) is 27.6. The van der Waals surface area contributed by atoms with E-state index in [-0.39, 0.29) is 23.5 Å². The van der Waals surface area contributed by atoms with Crippen molar-refractivity contribution in [3.8, 4) is 11.1 Å². The molecule has 1 aliphatic carbocycles. The van der Waals surface area contributed by atoms with Crippen LogP contribution in [0.3, 0.4) is 0 Å². The molecule has 2 aromatic rings.